The number of para-hydroxylation sites is 1. The van der Waals surface area contributed by atoms with Crippen LogP contribution in [0, 0.1) is 6.92 Å². The van der Waals surface area contributed by atoms with Crippen molar-refractivity contribution in [1.29, 1.82) is 0 Å². The van der Waals surface area contributed by atoms with Gasteiger partial charge in [0.25, 0.3) is 5.91 Å². The number of benzene rings is 1. The molecule has 1 aliphatic heterocycles. The van der Waals surface area contributed by atoms with Gasteiger partial charge in [-0.05, 0) is 38.0 Å². The van der Waals surface area contributed by atoms with Gasteiger partial charge in [0.15, 0.2) is 0 Å². The maximum Gasteiger partial charge on any atom is 0.337 e. The third-order valence-electron chi connectivity index (χ3n) is 4.93. The molecule has 0 atom stereocenters. The number of pyridine rings is 1. The fourth-order valence-corrected chi connectivity index (χ4v) is 3.32. The minimum atomic E-state index is -1.04. The van der Waals surface area contributed by atoms with Gasteiger partial charge in [0.2, 0.25) is 0 Å². The first-order chi connectivity index (χ1) is 13.5. The fraction of sp³-hybridized carbons (Fsp3) is 0.381. The number of nitrogens with zero attached hydrogens (tertiary/aromatic N) is 2. The zero-order chi connectivity index (χ0) is 20.1. The quantitative estimate of drug-likeness (QED) is 0.824. The number of carboxylic acids is 1. The molecule has 0 spiro atoms. The van der Waals surface area contributed by atoms with Crippen LogP contribution < -0.4 is 4.74 Å². The molecule has 1 amide bonds. The summed E-state index contributed by atoms with van der Waals surface area (Å²) in [5.74, 6) is -0.415. The molecule has 0 unspecified atom stereocenters. The number of methoxy groups -OCH3 is 1. The van der Waals surface area contributed by atoms with Crippen LogP contribution in [0.25, 0.3) is 0 Å². The van der Waals surface area contributed by atoms with E-state index < -0.39 is 5.97 Å². The molecular weight excluding hydrogens is 360 g/mol. The Morgan fingerprint density at radius 2 is 1.89 bits per heavy atom. The van der Waals surface area contributed by atoms with Gasteiger partial charge in [-0.1, -0.05) is 18.2 Å². The minimum absolute atomic E-state index is 0.0815. The zero-order valence-corrected chi connectivity index (χ0v) is 16.1. The highest BCUT2D eigenvalue weighted by atomic mass is 16.5. The van der Waals surface area contributed by atoms with E-state index in [0.29, 0.717) is 25.4 Å². The van der Waals surface area contributed by atoms with Crippen LogP contribution in [0.3, 0.4) is 0 Å². The van der Waals surface area contributed by atoms with Crippen molar-refractivity contribution in [3.05, 3.63) is 58.9 Å². The molecule has 1 aliphatic rings. The first-order valence-corrected chi connectivity index (χ1v) is 9.23. The predicted molar refractivity (Wildman–Crippen MR) is 103 cm³/mol. The molecule has 0 aliphatic carbocycles. The van der Waals surface area contributed by atoms with Crippen molar-refractivity contribution in [3.8, 4) is 5.75 Å². The lowest BCUT2D eigenvalue weighted by atomic mass is 10.1. The van der Waals surface area contributed by atoms with E-state index in [9.17, 15) is 9.59 Å². The number of likely N-dealkylation sites (tertiary alicyclic amines) is 1. The molecule has 148 valence electrons. The molecule has 1 fully saturated rings. The number of carbonyl (C=O) groups excluding carboxylic acids is 1. The number of piperidine rings is 1. The summed E-state index contributed by atoms with van der Waals surface area (Å²) in [6.45, 7) is 3.23. The van der Waals surface area contributed by atoms with E-state index in [2.05, 4.69) is 4.98 Å². The van der Waals surface area contributed by atoms with Crippen LogP contribution in [0.15, 0.2) is 36.4 Å². The van der Waals surface area contributed by atoms with Crippen LogP contribution in [0.1, 0.15) is 44.9 Å². The van der Waals surface area contributed by atoms with Crippen molar-refractivity contribution in [2.45, 2.75) is 32.5 Å². The van der Waals surface area contributed by atoms with Gasteiger partial charge >= 0.3 is 5.97 Å². The Morgan fingerprint density at radius 1 is 1.18 bits per heavy atom. The van der Waals surface area contributed by atoms with Gasteiger partial charge < -0.3 is 19.5 Å². The van der Waals surface area contributed by atoms with Crippen LogP contribution in [-0.4, -0.2) is 53.2 Å². The SMILES string of the molecule is COc1ccccc1COC1CCN(C(=O)c2ccc(C(=O)O)c(C)n2)CC1. The molecule has 1 aromatic heterocycles. The number of aryl methyl sites for hydroxylation is 1. The number of ether oxygens (including phenoxy) is 2. The Bertz CT molecular complexity index is 860. The third kappa shape index (κ3) is 4.48. The molecule has 0 bridgehead atoms. The van der Waals surface area contributed by atoms with Crippen molar-refractivity contribution in [1.82, 2.24) is 9.88 Å². The average molecular weight is 384 g/mol. The van der Waals surface area contributed by atoms with Gasteiger partial charge in [-0.25, -0.2) is 9.78 Å². The number of amides is 1. The van der Waals surface area contributed by atoms with E-state index in [1.807, 2.05) is 24.3 Å². The van der Waals surface area contributed by atoms with Crippen LogP contribution in [0.2, 0.25) is 0 Å². The molecule has 0 saturated carbocycles. The second-order valence-corrected chi connectivity index (χ2v) is 6.75. The molecule has 28 heavy (non-hydrogen) atoms. The molecule has 7 nitrogen and oxygen atoms in total. The van der Waals surface area contributed by atoms with E-state index >= 15 is 0 Å². The summed E-state index contributed by atoms with van der Waals surface area (Å²) < 4.78 is 11.3. The van der Waals surface area contributed by atoms with Gasteiger partial charge in [-0.3, -0.25) is 4.79 Å². The summed E-state index contributed by atoms with van der Waals surface area (Å²) in [5, 5.41) is 9.08. The van der Waals surface area contributed by atoms with Crippen molar-refractivity contribution < 1.29 is 24.2 Å². The Morgan fingerprint density at radius 3 is 2.54 bits per heavy atom. The summed E-state index contributed by atoms with van der Waals surface area (Å²) in [5.41, 5.74) is 1.73. The number of hydrogen-bond donors (Lipinski definition) is 1. The van der Waals surface area contributed by atoms with Crippen molar-refractivity contribution >= 4 is 11.9 Å². The molecule has 3 rings (SSSR count). The van der Waals surface area contributed by atoms with Crippen molar-refractivity contribution in [3.63, 3.8) is 0 Å². The van der Waals surface area contributed by atoms with Gasteiger partial charge in [-0.2, -0.15) is 0 Å². The van der Waals surface area contributed by atoms with Crippen LogP contribution in [-0.2, 0) is 11.3 Å². The normalized spacial score (nSPS) is 14.7. The molecule has 2 heterocycles. The molecule has 1 saturated heterocycles. The molecule has 7 heteroatoms. The van der Waals surface area contributed by atoms with Crippen LogP contribution in [0.5, 0.6) is 5.75 Å². The highest BCUT2D eigenvalue weighted by molar-refractivity contribution is 5.94. The number of carboxylic acid groups (broad SMARTS) is 1. The Hall–Kier alpha value is -2.93. The summed E-state index contributed by atoms with van der Waals surface area (Å²) in [7, 11) is 1.64. The smallest absolute Gasteiger partial charge is 0.337 e. The summed E-state index contributed by atoms with van der Waals surface area (Å²) in [6, 6.07) is 10.7. The maximum absolute atomic E-state index is 12.7. The van der Waals surface area contributed by atoms with E-state index in [4.69, 9.17) is 14.6 Å². The monoisotopic (exact) mass is 384 g/mol. The molecule has 1 aromatic carbocycles. The number of aromatic carboxylic acids is 1. The van der Waals surface area contributed by atoms with Crippen molar-refractivity contribution in [2.75, 3.05) is 20.2 Å². The van der Waals surface area contributed by atoms with Crippen LogP contribution >= 0.6 is 0 Å². The van der Waals surface area contributed by atoms with E-state index in [0.717, 1.165) is 24.2 Å². The van der Waals surface area contributed by atoms with E-state index in [1.165, 1.54) is 12.1 Å². The molecule has 2 aromatic rings. The van der Waals surface area contributed by atoms with Gasteiger partial charge in [-0.15, -0.1) is 0 Å². The molecule has 1 N–H and O–H groups in total. The predicted octanol–water partition coefficient (Wildman–Crippen LogP) is 2.92. The maximum atomic E-state index is 12.7. The Kier molecular flexibility index (Phi) is 6.26. The van der Waals surface area contributed by atoms with E-state index in [-0.39, 0.29) is 23.3 Å². The second-order valence-electron chi connectivity index (χ2n) is 6.75. The largest absolute Gasteiger partial charge is 0.496 e. The molecule has 0 radical (unpaired) electrons. The minimum Gasteiger partial charge on any atom is -0.496 e. The number of rotatable bonds is 6. The highest BCUT2D eigenvalue weighted by Gasteiger charge is 2.25. The van der Waals surface area contributed by atoms with Gasteiger partial charge in [0.1, 0.15) is 11.4 Å². The lowest BCUT2D eigenvalue weighted by Crippen LogP contribution is -2.41. The van der Waals surface area contributed by atoms with Gasteiger partial charge in [0, 0.05) is 18.7 Å². The lowest BCUT2D eigenvalue weighted by molar-refractivity contribution is -0.00110. The molecular formula is C21H24N2O5. The fourth-order valence-electron chi connectivity index (χ4n) is 3.32. The summed E-state index contributed by atoms with van der Waals surface area (Å²) in [6.07, 6.45) is 1.57. The third-order valence-corrected chi connectivity index (χ3v) is 4.93. The average Bonchev–Trinajstić information content (AvgIpc) is 2.72. The Labute approximate surface area is 163 Å². The number of hydrogen-bond acceptors (Lipinski definition) is 5. The number of aromatic nitrogens is 1. The van der Waals surface area contributed by atoms with Gasteiger partial charge in [0.05, 0.1) is 31.1 Å². The first kappa shape index (κ1) is 19.8. The lowest BCUT2D eigenvalue weighted by Gasteiger charge is -2.32. The zero-order valence-electron chi connectivity index (χ0n) is 16.1. The highest BCUT2D eigenvalue weighted by Crippen LogP contribution is 2.22. The topological polar surface area (TPSA) is 89.0 Å². The van der Waals surface area contributed by atoms with Crippen molar-refractivity contribution in [2.24, 2.45) is 0 Å². The van der Waals surface area contributed by atoms with E-state index in [1.54, 1.807) is 18.9 Å². The summed E-state index contributed by atoms with van der Waals surface area (Å²) >= 11 is 0. The second kappa shape index (κ2) is 8.84. The Balaban J connectivity index is 1.54. The summed E-state index contributed by atoms with van der Waals surface area (Å²) in [4.78, 5) is 29.7. The number of carbonyl (C=O) groups is 2. The standard InChI is InChI=1S/C21H24N2O5/c1-14-17(21(25)26)7-8-18(22-14)20(24)23-11-9-16(10-12-23)28-13-15-5-3-4-6-19(15)27-2/h3-8,16H,9-13H2,1-2H3,(H,25,26). The van der Waals surface area contributed by atoms with Crippen LogP contribution in [0.4, 0.5) is 0 Å². The first-order valence-electron chi connectivity index (χ1n) is 9.23.